The van der Waals surface area contributed by atoms with E-state index in [0.717, 1.165) is 35.5 Å². The first kappa shape index (κ1) is 18.0. The Hall–Kier alpha value is -2.82. The number of benzene rings is 2. The number of carbonyl (C=O) groups is 2. The first-order valence-corrected chi connectivity index (χ1v) is 8.90. The highest BCUT2D eigenvalue weighted by Crippen LogP contribution is 2.24. The van der Waals surface area contributed by atoms with Gasteiger partial charge in [-0.1, -0.05) is 12.1 Å². The second kappa shape index (κ2) is 7.60. The molecule has 0 spiro atoms. The summed E-state index contributed by atoms with van der Waals surface area (Å²) in [7, 11) is 0. The molecular formula is C21H24N2O3. The normalized spacial score (nSPS) is 15.0. The highest BCUT2D eigenvalue weighted by molar-refractivity contribution is 5.96. The highest BCUT2D eigenvalue weighted by atomic mass is 16.5. The molecule has 1 fully saturated rings. The van der Waals surface area contributed by atoms with E-state index in [-0.39, 0.29) is 11.8 Å². The number of hydrogen-bond donors (Lipinski definition) is 1. The lowest BCUT2D eigenvalue weighted by Crippen LogP contribution is -2.30. The third-order valence-electron chi connectivity index (χ3n) is 4.75. The Morgan fingerprint density at radius 1 is 1.15 bits per heavy atom. The van der Waals surface area contributed by atoms with Gasteiger partial charge in [0.15, 0.2) is 6.10 Å². The minimum Gasteiger partial charge on any atom is -0.481 e. The molecule has 2 aromatic carbocycles. The van der Waals surface area contributed by atoms with Crippen molar-refractivity contribution >= 4 is 23.2 Å². The van der Waals surface area contributed by atoms with E-state index in [1.165, 1.54) is 0 Å². The predicted molar refractivity (Wildman–Crippen MR) is 103 cm³/mol. The van der Waals surface area contributed by atoms with Gasteiger partial charge in [0.2, 0.25) is 5.91 Å². The zero-order valence-corrected chi connectivity index (χ0v) is 15.4. The van der Waals surface area contributed by atoms with Gasteiger partial charge in [-0.25, -0.2) is 0 Å². The molecule has 0 aromatic heterocycles. The van der Waals surface area contributed by atoms with Crippen LogP contribution in [0.2, 0.25) is 0 Å². The molecule has 1 saturated heterocycles. The SMILES string of the molecule is Cc1cccc(O[C@H](C)C(=O)Nc2ccc(N3CCCC3=O)cc2)c1C. The summed E-state index contributed by atoms with van der Waals surface area (Å²) in [6, 6.07) is 13.1. The highest BCUT2D eigenvalue weighted by Gasteiger charge is 2.21. The van der Waals surface area contributed by atoms with Gasteiger partial charge in [0.05, 0.1) is 0 Å². The summed E-state index contributed by atoms with van der Waals surface area (Å²) in [6.45, 7) is 6.48. The summed E-state index contributed by atoms with van der Waals surface area (Å²) >= 11 is 0. The lowest BCUT2D eigenvalue weighted by molar-refractivity contribution is -0.122. The molecule has 2 amide bonds. The van der Waals surface area contributed by atoms with Crippen molar-refractivity contribution in [3.05, 3.63) is 53.6 Å². The number of aryl methyl sites for hydroxylation is 1. The zero-order valence-electron chi connectivity index (χ0n) is 15.4. The van der Waals surface area contributed by atoms with Gasteiger partial charge in [-0.05, 0) is 68.7 Å². The largest absolute Gasteiger partial charge is 0.481 e. The molecule has 0 saturated carbocycles. The second-order valence-electron chi connectivity index (χ2n) is 6.64. The van der Waals surface area contributed by atoms with Gasteiger partial charge < -0.3 is 15.0 Å². The fraction of sp³-hybridized carbons (Fsp3) is 0.333. The molecule has 1 N–H and O–H groups in total. The van der Waals surface area contributed by atoms with Gasteiger partial charge in [0, 0.05) is 24.3 Å². The molecule has 1 atom stereocenters. The standard InChI is InChI=1S/C21H24N2O3/c1-14-6-4-7-19(15(14)2)26-16(3)21(25)22-17-9-11-18(12-10-17)23-13-5-8-20(23)24/h4,6-7,9-12,16H,5,8,13H2,1-3H3,(H,22,25)/t16-/m1/s1. The molecule has 0 unspecified atom stereocenters. The average molecular weight is 352 g/mol. The number of nitrogens with zero attached hydrogens (tertiary/aromatic N) is 1. The van der Waals surface area contributed by atoms with Crippen molar-refractivity contribution in [2.24, 2.45) is 0 Å². The van der Waals surface area contributed by atoms with Crippen molar-refractivity contribution in [2.75, 3.05) is 16.8 Å². The number of rotatable bonds is 5. The third kappa shape index (κ3) is 3.87. The van der Waals surface area contributed by atoms with E-state index in [1.54, 1.807) is 11.8 Å². The Balaban J connectivity index is 1.62. The van der Waals surface area contributed by atoms with Crippen LogP contribution in [0.1, 0.15) is 30.9 Å². The van der Waals surface area contributed by atoms with Crippen LogP contribution >= 0.6 is 0 Å². The first-order valence-electron chi connectivity index (χ1n) is 8.90. The van der Waals surface area contributed by atoms with E-state index in [1.807, 2.05) is 56.3 Å². The lowest BCUT2D eigenvalue weighted by atomic mass is 10.1. The van der Waals surface area contributed by atoms with Crippen molar-refractivity contribution in [2.45, 2.75) is 39.7 Å². The maximum absolute atomic E-state index is 12.4. The number of nitrogens with one attached hydrogen (secondary N) is 1. The van der Waals surface area contributed by atoms with Crippen LogP contribution in [-0.4, -0.2) is 24.5 Å². The van der Waals surface area contributed by atoms with Crippen LogP contribution in [0, 0.1) is 13.8 Å². The maximum Gasteiger partial charge on any atom is 0.265 e. The van der Waals surface area contributed by atoms with Crippen molar-refractivity contribution in [3.8, 4) is 5.75 Å². The average Bonchev–Trinajstić information content (AvgIpc) is 3.05. The van der Waals surface area contributed by atoms with E-state index < -0.39 is 6.10 Å². The number of ether oxygens (including phenoxy) is 1. The Labute approximate surface area is 154 Å². The molecule has 1 aliphatic rings. The molecule has 0 bridgehead atoms. The van der Waals surface area contributed by atoms with E-state index in [2.05, 4.69) is 5.32 Å². The topological polar surface area (TPSA) is 58.6 Å². The molecule has 26 heavy (non-hydrogen) atoms. The van der Waals surface area contributed by atoms with Crippen LogP contribution in [0.25, 0.3) is 0 Å². The van der Waals surface area contributed by atoms with Gasteiger partial charge in [-0.15, -0.1) is 0 Å². The van der Waals surface area contributed by atoms with Gasteiger partial charge in [0.1, 0.15) is 5.75 Å². The summed E-state index contributed by atoms with van der Waals surface area (Å²) < 4.78 is 5.81. The van der Waals surface area contributed by atoms with E-state index in [9.17, 15) is 9.59 Å². The van der Waals surface area contributed by atoms with Crippen molar-refractivity contribution < 1.29 is 14.3 Å². The molecule has 1 aliphatic heterocycles. The number of amides is 2. The van der Waals surface area contributed by atoms with Crippen LogP contribution < -0.4 is 15.0 Å². The van der Waals surface area contributed by atoms with Gasteiger partial charge >= 0.3 is 0 Å². The molecular weight excluding hydrogens is 328 g/mol. The minimum atomic E-state index is -0.615. The Morgan fingerprint density at radius 2 is 1.88 bits per heavy atom. The second-order valence-corrected chi connectivity index (χ2v) is 6.64. The molecule has 5 heteroatoms. The monoisotopic (exact) mass is 352 g/mol. The summed E-state index contributed by atoms with van der Waals surface area (Å²) in [5, 5.41) is 2.86. The van der Waals surface area contributed by atoms with Crippen LogP contribution in [0.4, 0.5) is 11.4 Å². The van der Waals surface area contributed by atoms with Crippen molar-refractivity contribution in [3.63, 3.8) is 0 Å². The molecule has 136 valence electrons. The Morgan fingerprint density at radius 3 is 2.54 bits per heavy atom. The maximum atomic E-state index is 12.4. The number of hydrogen-bond acceptors (Lipinski definition) is 3. The van der Waals surface area contributed by atoms with E-state index in [4.69, 9.17) is 4.74 Å². The fourth-order valence-corrected chi connectivity index (χ4v) is 2.99. The number of carbonyl (C=O) groups excluding carboxylic acids is 2. The summed E-state index contributed by atoms with van der Waals surface area (Å²) in [4.78, 5) is 26.0. The van der Waals surface area contributed by atoms with Crippen molar-refractivity contribution in [1.29, 1.82) is 0 Å². The summed E-state index contributed by atoms with van der Waals surface area (Å²) in [5.74, 6) is 0.656. The van der Waals surface area contributed by atoms with Crippen molar-refractivity contribution in [1.82, 2.24) is 0 Å². The summed E-state index contributed by atoms with van der Waals surface area (Å²) in [5.41, 5.74) is 3.71. The smallest absolute Gasteiger partial charge is 0.265 e. The molecule has 1 heterocycles. The van der Waals surface area contributed by atoms with Gasteiger partial charge in [-0.3, -0.25) is 9.59 Å². The van der Waals surface area contributed by atoms with E-state index in [0.29, 0.717) is 12.1 Å². The van der Waals surface area contributed by atoms with Gasteiger partial charge in [0.25, 0.3) is 5.91 Å². The molecule has 0 radical (unpaired) electrons. The zero-order chi connectivity index (χ0) is 18.7. The molecule has 2 aromatic rings. The first-order chi connectivity index (χ1) is 12.5. The lowest BCUT2D eigenvalue weighted by Gasteiger charge is -2.18. The molecule has 0 aliphatic carbocycles. The van der Waals surface area contributed by atoms with E-state index >= 15 is 0 Å². The Kier molecular flexibility index (Phi) is 5.26. The third-order valence-corrected chi connectivity index (χ3v) is 4.75. The minimum absolute atomic E-state index is 0.150. The molecule has 3 rings (SSSR count). The summed E-state index contributed by atoms with van der Waals surface area (Å²) in [6.07, 6.45) is 0.881. The van der Waals surface area contributed by atoms with Crippen LogP contribution in [-0.2, 0) is 9.59 Å². The Bertz CT molecular complexity index is 815. The quantitative estimate of drug-likeness (QED) is 0.889. The molecule has 5 nitrogen and oxygen atoms in total. The number of anilines is 2. The fourth-order valence-electron chi connectivity index (χ4n) is 2.99. The van der Waals surface area contributed by atoms with Gasteiger partial charge in [-0.2, -0.15) is 0 Å². The van der Waals surface area contributed by atoms with Crippen LogP contribution in [0.5, 0.6) is 5.75 Å². The predicted octanol–water partition coefficient (Wildman–Crippen LogP) is 3.84. The van der Waals surface area contributed by atoms with Crippen LogP contribution in [0.15, 0.2) is 42.5 Å². The van der Waals surface area contributed by atoms with Crippen LogP contribution in [0.3, 0.4) is 0 Å².